The molecular weight excluding hydrogens is 504 g/mol. The third-order valence-corrected chi connectivity index (χ3v) is 6.89. The lowest BCUT2D eigenvalue weighted by atomic mass is 9.88. The van der Waals surface area contributed by atoms with Gasteiger partial charge < -0.3 is 14.7 Å². The Balaban J connectivity index is 1.86. The van der Waals surface area contributed by atoms with Crippen LogP contribution in [0.5, 0.6) is 0 Å². The lowest BCUT2D eigenvalue weighted by Gasteiger charge is -2.47. The van der Waals surface area contributed by atoms with Gasteiger partial charge in [-0.05, 0) is 53.4 Å². The predicted molar refractivity (Wildman–Crippen MR) is 137 cm³/mol. The van der Waals surface area contributed by atoms with E-state index in [0.29, 0.717) is 27.6 Å². The number of carbonyl (C=O) groups is 2. The SMILES string of the molecule is CCCC(C(=O)O)N1C(=O)[C@H](Cc2ccccc2F)O[C@@H](c2ccc(Cl)cc2)[C@H]1c1ccc(Cl)cc1. The highest BCUT2D eigenvalue weighted by molar-refractivity contribution is 6.30. The van der Waals surface area contributed by atoms with Gasteiger partial charge in [-0.1, -0.05) is 79.0 Å². The largest absolute Gasteiger partial charge is 0.480 e. The van der Waals surface area contributed by atoms with Crippen molar-refractivity contribution < 1.29 is 23.8 Å². The van der Waals surface area contributed by atoms with E-state index >= 15 is 0 Å². The number of ether oxygens (including phenoxy) is 1. The minimum atomic E-state index is -1.11. The Morgan fingerprint density at radius 2 is 1.58 bits per heavy atom. The van der Waals surface area contributed by atoms with Crippen LogP contribution in [0, 0.1) is 5.82 Å². The quantitative estimate of drug-likeness (QED) is 0.355. The Bertz CT molecular complexity index is 1220. The van der Waals surface area contributed by atoms with Crippen LogP contribution in [0.4, 0.5) is 4.39 Å². The number of amides is 1. The van der Waals surface area contributed by atoms with Crippen LogP contribution >= 0.6 is 23.2 Å². The van der Waals surface area contributed by atoms with Gasteiger partial charge in [0, 0.05) is 16.5 Å². The standard InChI is InChI=1S/C28H26Cl2FNO4/c1-2-5-23(28(34)35)32-25(17-8-12-20(29)13-9-17)26(18-10-14-21(30)15-11-18)36-24(27(32)33)16-19-6-3-4-7-22(19)31/h3-4,6-15,23-26H,2,5,16H2,1H3,(H,34,35)/t23?,24-,25+,26-/m0/s1. The van der Waals surface area contributed by atoms with Crippen molar-refractivity contribution in [3.8, 4) is 0 Å². The second-order valence-electron chi connectivity index (χ2n) is 8.78. The number of hydrogen-bond donors (Lipinski definition) is 1. The molecule has 0 bridgehead atoms. The van der Waals surface area contributed by atoms with Gasteiger partial charge in [-0.25, -0.2) is 9.18 Å². The zero-order valence-corrected chi connectivity index (χ0v) is 21.1. The van der Waals surface area contributed by atoms with Crippen LogP contribution in [-0.2, 0) is 20.7 Å². The fourth-order valence-corrected chi connectivity index (χ4v) is 4.92. The lowest BCUT2D eigenvalue weighted by molar-refractivity contribution is -0.184. The van der Waals surface area contributed by atoms with Crippen molar-refractivity contribution in [1.29, 1.82) is 0 Å². The summed E-state index contributed by atoms with van der Waals surface area (Å²) in [5.41, 5.74) is 1.72. The number of benzene rings is 3. The van der Waals surface area contributed by atoms with Gasteiger partial charge in [0.25, 0.3) is 5.91 Å². The second-order valence-corrected chi connectivity index (χ2v) is 9.65. The molecule has 36 heavy (non-hydrogen) atoms. The van der Waals surface area contributed by atoms with E-state index < -0.39 is 42.0 Å². The molecule has 0 aliphatic carbocycles. The van der Waals surface area contributed by atoms with Gasteiger partial charge in [0.15, 0.2) is 0 Å². The Labute approximate surface area is 219 Å². The van der Waals surface area contributed by atoms with Gasteiger partial charge in [-0.3, -0.25) is 4.79 Å². The molecule has 1 heterocycles. The van der Waals surface area contributed by atoms with Crippen LogP contribution in [0.3, 0.4) is 0 Å². The fraction of sp³-hybridized carbons (Fsp3) is 0.286. The summed E-state index contributed by atoms with van der Waals surface area (Å²) < 4.78 is 20.9. The van der Waals surface area contributed by atoms with Crippen molar-refractivity contribution >= 4 is 35.1 Å². The summed E-state index contributed by atoms with van der Waals surface area (Å²) in [6.45, 7) is 1.87. The molecule has 3 aromatic rings. The molecule has 1 N–H and O–H groups in total. The number of aliphatic carboxylic acids is 1. The maximum atomic E-state index is 14.5. The third kappa shape index (κ3) is 5.56. The summed E-state index contributed by atoms with van der Waals surface area (Å²) in [6, 6.07) is 18.3. The highest BCUT2D eigenvalue weighted by Crippen LogP contribution is 2.44. The first-order valence-corrected chi connectivity index (χ1v) is 12.5. The first-order valence-electron chi connectivity index (χ1n) is 11.7. The zero-order valence-electron chi connectivity index (χ0n) is 19.6. The van der Waals surface area contributed by atoms with Crippen LogP contribution < -0.4 is 0 Å². The molecule has 1 unspecified atom stereocenters. The molecule has 1 amide bonds. The first kappa shape index (κ1) is 26.1. The van der Waals surface area contributed by atoms with E-state index in [1.54, 1.807) is 66.7 Å². The summed E-state index contributed by atoms with van der Waals surface area (Å²) in [6.07, 6.45) is -1.03. The summed E-state index contributed by atoms with van der Waals surface area (Å²) >= 11 is 12.2. The van der Waals surface area contributed by atoms with Gasteiger partial charge in [0.1, 0.15) is 24.1 Å². The summed E-state index contributed by atoms with van der Waals surface area (Å²) in [7, 11) is 0. The number of hydrogen-bond acceptors (Lipinski definition) is 3. The molecule has 0 radical (unpaired) electrons. The van der Waals surface area contributed by atoms with Crippen molar-refractivity contribution in [2.45, 2.75) is 50.5 Å². The molecule has 1 saturated heterocycles. The molecule has 4 atom stereocenters. The second kappa shape index (κ2) is 11.4. The van der Waals surface area contributed by atoms with Crippen molar-refractivity contribution in [2.24, 2.45) is 0 Å². The van der Waals surface area contributed by atoms with E-state index in [4.69, 9.17) is 27.9 Å². The van der Waals surface area contributed by atoms with Crippen LogP contribution in [0.1, 0.15) is 48.6 Å². The minimum absolute atomic E-state index is 0.0299. The molecule has 8 heteroatoms. The zero-order chi connectivity index (χ0) is 25.8. The molecule has 0 saturated carbocycles. The Kier molecular flexibility index (Phi) is 8.29. The maximum Gasteiger partial charge on any atom is 0.326 e. The molecule has 1 aliphatic rings. The van der Waals surface area contributed by atoms with Gasteiger partial charge in [0.05, 0.1) is 6.04 Å². The maximum absolute atomic E-state index is 14.5. The Morgan fingerprint density at radius 3 is 2.14 bits per heavy atom. The molecule has 0 spiro atoms. The van der Waals surface area contributed by atoms with E-state index in [-0.39, 0.29) is 12.8 Å². The molecule has 188 valence electrons. The van der Waals surface area contributed by atoms with Crippen molar-refractivity contribution in [3.05, 3.63) is 105 Å². The Hall–Kier alpha value is -2.93. The molecule has 3 aromatic carbocycles. The number of rotatable bonds is 8. The first-order chi connectivity index (χ1) is 17.3. The average molecular weight is 530 g/mol. The summed E-state index contributed by atoms with van der Waals surface area (Å²) in [5.74, 6) is -2.05. The smallest absolute Gasteiger partial charge is 0.326 e. The van der Waals surface area contributed by atoms with Crippen LogP contribution in [0.2, 0.25) is 10.0 Å². The number of carbonyl (C=O) groups excluding carboxylic acids is 1. The highest BCUT2D eigenvalue weighted by atomic mass is 35.5. The van der Waals surface area contributed by atoms with E-state index in [1.807, 2.05) is 6.92 Å². The number of halogens is 3. The van der Waals surface area contributed by atoms with Crippen molar-refractivity contribution in [3.63, 3.8) is 0 Å². The van der Waals surface area contributed by atoms with E-state index in [1.165, 1.54) is 11.0 Å². The van der Waals surface area contributed by atoms with Gasteiger partial charge in [-0.2, -0.15) is 0 Å². The summed E-state index contributed by atoms with van der Waals surface area (Å²) in [4.78, 5) is 27.8. The number of carboxylic acids is 1. The van der Waals surface area contributed by atoms with E-state index in [2.05, 4.69) is 0 Å². The monoisotopic (exact) mass is 529 g/mol. The number of nitrogens with zero attached hydrogens (tertiary/aromatic N) is 1. The molecule has 1 fully saturated rings. The van der Waals surface area contributed by atoms with E-state index in [0.717, 1.165) is 5.56 Å². The predicted octanol–water partition coefficient (Wildman–Crippen LogP) is 6.64. The lowest BCUT2D eigenvalue weighted by Crippen LogP contribution is -2.57. The van der Waals surface area contributed by atoms with Gasteiger partial charge in [0.2, 0.25) is 0 Å². The third-order valence-electron chi connectivity index (χ3n) is 6.38. The average Bonchev–Trinajstić information content (AvgIpc) is 2.86. The molecular formula is C28H26Cl2FNO4. The van der Waals surface area contributed by atoms with Gasteiger partial charge >= 0.3 is 5.97 Å². The number of carboxylic acid groups (broad SMARTS) is 1. The molecule has 5 nitrogen and oxygen atoms in total. The fourth-order valence-electron chi connectivity index (χ4n) is 4.67. The molecule has 0 aromatic heterocycles. The van der Waals surface area contributed by atoms with Gasteiger partial charge in [-0.15, -0.1) is 0 Å². The van der Waals surface area contributed by atoms with Crippen LogP contribution in [-0.4, -0.2) is 34.0 Å². The van der Waals surface area contributed by atoms with Crippen molar-refractivity contribution in [1.82, 2.24) is 4.90 Å². The molecule has 4 rings (SSSR count). The molecule has 1 aliphatic heterocycles. The summed E-state index contributed by atoms with van der Waals surface area (Å²) in [5, 5.41) is 11.2. The minimum Gasteiger partial charge on any atom is -0.480 e. The topological polar surface area (TPSA) is 66.8 Å². The Morgan fingerprint density at radius 1 is 1.00 bits per heavy atom. The van der Waals surface area contributed by atoms with Crippen LogP contribution in [0.25, 0.3) is 0 Å². The normalized spacial score (nSPS) is 20.8. The number of morpholine rings is 1. The van der Waals surface area contributed by atoms with E-state index in [9.17, 15) is 19.1 Å². The highest BCUT2D eigenvalue weighted by Gasteiger charge is 2.48. The van der Waals surface area contributed by atoms with Crippen molar-refractivity contribution in [2.75, 3.05) is 0 Å². The van der Waals surface area contributed by atoms with Crippen LogP contribution in [0.15, 0.2) is 72.8 Å².